The van der Waals surface area contributed by atoms with E-state index in [9.17, 15) is 4.11 Å². The highest BCUT2D eigenvalue weighted by Gasteiger charge is 2.23. The van der Waals surface area contributed by atoms with Crippen molar-refractivity contribution in [2.75, 3.05) is 0 Å². The summed E-state index contributed by atoms with van der Waals surface area (Å²) in [7, 11) is -1.43. The lowest BCUT2D eigenvalue weighted by atomic mass is 9.94. The van der Waals surface area contributed by atoms with Gasteiger partial charge in [-0.1, -0.05) is 30.3 Å². The number of halogens is 1. The van der Waals surface area contributed by atoms with Crippen molar-refractivity contribution in [2.45, 2.75) is 30.8 Å². The van der Waals surface area contributed by atoms with E-state index in [1.807, 2.05) is 6.07 Å². The van der Waals surface area contributed by atoms with Crippen LogP contribution in [0.4, 0.5) is 4.11 Å². The molecule has 0 saturated carbocycles. The van der Waals surface area contributed by atoms with Gasteiger partial charge in [0.25, 0.3) is 9.13 Å². The molecule has 1 radical (unpaired) electrons. The van der Waals surface area contributed by atoms with Gasteiger partial charge in [-0.2, -0.15) is 0 Å². The Hall–Kier alpha value is -0.633. The third kappa shape index (κ3) is 2.18. The number of benzene rings is 1. The predicted molar refractivity (Wildman–Crippen MR) is 54.9 cm³/mol. The second-order valence-corrected chi connectivity index (χ2v) is 5.74. The van der Waals surface area contributed by atoms with Gasteiger partial charge in [-0.25, -0.2) is 0 Å². The van der Waals surface area contributed by atoms with Crippen LogP contribution in [-0.4, -0.2) is 9.13 Å². The molecule has 0 bridgehead atoms. The molecule has 0 unspecified atom stereocenters. The summed E-state index contributed by atoms with van der Waals surface area (Å²) < 4.78 is 13.0. The molecule has 1 aliphatic rings. The van der Waals surface area contributed by atoms with Crippen molar-refractivity contribution in [2.24, 2.45) is 0 Å². The van der Waals surface area contributed by atoms with E-state index in [1.54, 1.807) is 0 Å². The molecule has 0 aromatic heterocycles. The summed E-state index contributed by atoms with van der Waals surface area (Å²) in [5.41, 5.74) is 1.40. The zero-order valence-electron chi connectivity index (χ0n) is 7.67. The normalized spacial score (nSPS) is 20.4. The van der Waals surface area contributed by atoms with Crippen LogP contribution in [0.3, 0.4) is 0 Å². The monoisotopic (exact) mass is 193 g/mol. The standard InChI is InChI=1S/C11H14FSi/c12-13-8-6-11(7-9-13)10-4-2-1-3-5-10/h1-5,11H,6-9H2. The molecule has 1 aliphatic heterocycles. The first-order valence-corrected chi connectivity index (χ1v) is 6.70. The first-order valence-electron chi connectivity index (χ1n) is 4.91. The SMILES string of the molecule is F[Si]1CCC(c2ccccc2)CC1. The van der Waals surface area contributed by atoms with Crippen LogP contribution in [0.1, 0.15) is 24.3 Å². The Kier molecular flexibility index (Phi) is 2.79. The molecule has 0 N–H and O–H groups in total. The molecule has 2 heteroatoms. The quantitative estimate of drug-likeness (QED) is 0.473. The van der Waals surface area contributed by atoms with Crippen molar-refractivity contribution in [1.82, 2.24) is 0 Å². The van der Waals surface area contributed by atoms with Gasteiger partial charge in [0.1, 0.15) is 0 Å². The molecule has 0 nitrogen and oxygen atoms in total. The lowest BCUT2D eigenvalue weighted by molar-refractivity contribution is 0.579. The molecule has 1 aromatic rings. The van der Waals surface area contributed by atoms with Crippen molar-refractivity contribution in [1.29, 1.82) is 0 Å². The van der Waals surface area contributed by atoms with Crippen LogP contribution in [0.15, 0.2) is 30.3 Å². The maximum Gasteiger partial charge on any atom is 0.271 e. The van der Waals surface area contributed by atoms with E-state index in [0.717, 1.165) is 24.9 Å². The zero-order valence-corrected chi connectivity index (χ0v) is 8.67. The van der Waals surface area contributed by atoms with E-state index >= 15 is 0 Å². The van der Waals surface area contributed by atoms with Crippen LogP contribution in [-0.2, 0) is 0 Å². The molecular weight excluding hydrogens is 179 g/mol. The Morgan fingerprint density at radius 2 is 1.69 bits per heavy atom. The molecule has 1 heterocycles. The van der Waals surface area contributed by atoms with E-state index in [4.69, 9.17) is 0 Å². The minimum absolute atomic E-state index is 0.630. The Labute approximate surface area is 80.6 Å². The van der Waals surface area contributed by atoms with E-state index in [1.165, 1.54) is 5.56 Å². The molecule has 0 aliphatic carbocycles. The van der Waals surface area contributed by atoms with E-state index in [0.29, 0.717) is 5.92 Å². The number of rotatable bonds is 1. The van der Waals surface area contributed by atoms with Crippen molar-refractivity contribution in [3.63, 3.8) is 0 Å². The highest BCUT2D eigenvalue weighted by Crippen LogP contribution is 2.33. The Morgan fingerprint density at radius 3 is 2.31 bits per heavy atom. The topological polar surface area (TPSA) is 0 Å². The maximum atomic E-state index is 13.0. The summed E-state index contributed by atoms with van der Waals surface area (Å²) in [5, 5.41) is 0. The third-order valence-corrected chi connectivity index (χ3v) is 4.46. The van der Waals surface area contributed by atoms with Crippen molar-refractivity contribution < 1.29 is 4.11 Å². The molecule has 1 aromatic carbocycles. The van der Waals surface area contributed by atoms with E-state index in [-0.39, 0.29) is 0 Å². The van der Waals surface area contributed by atoms with Crippen LogP contribution >= 0.6 is 0 Å². The fourth-order valence-electron chi connectivity index (χ4n) is 1.99. The van der Waals surface area contributed by atoms with Gasteiger partial charge in [0, 0.05) is 0 Å². The minimum Gasteiger partial charge on any atom is -0.314 e. The second-order valence-electron chi connectivity index (χ2n) is 3.70. The highest BCUT2D eigenvalue weighted by atomic mass is 28.3. The first kappa shape index (κ1) is 8.94. The number of hydrogen-bond donors (Lipinski definition) is 0. The average molecular weight is 193 g/mol. The molecule has 13 heavy (non-hydrogen) atoms. The van der Waals surface area contributed by atoms with Gasteiger partial charge in [0.05, 0.1) is 0 Å². The molecule has 2 rings (SSSR count). The summed E-state index contributed by atoms with van der Waals surface area (Å²) in [5.74, 6) is 0.630. The summed E-state index contributed by atoms with van der Waals surface area (Å²) in [4.78, 5) is 0. The predicted octanol–water partition coefficient (Wildman–Crippen LogP) is 3.53. The Balaban J connectivity index is 2.03. The number of hydrogen-bond acceptors (Lipinski definition) is 0. The van der Waals surface area contributed by atoms with Gasteiger partial charge in [-0.05, 0) is 36.4 Å². The van der Waals surface area contributed by atoms with Gasteiger partial charge in [0.15, 0.2) is 0 Å². The maximum absolute atomic E-state index is 13.0. The molecule has 0 amide bonds. The van der Waals surface area contributed by atoms with Gasteiger partial charge < -0.3 is 4.11 Å². The molecule has 0 atom stereocenters. The van der Waals surface area contributed by atoms with Crippen molar-refractivity contribution in [3.05, 3.63) is 35.9 Å². The summed E-state index contributed by atoms with van der Waals surface area (Å²) >= 11 is 0. The summed E-state index contributed by atoms with van der Waals surface area (Å²) in [6.07, 6.45) is 2.13. The average Bonchev–Trinajstić information content (AvgIpc) is 2.20. The van der Waals surface area contributed by atoms with Crippen LogP contribution in [0, 0.1) is 0 Å². The van der Waals surface area contributed by atoms with Gasteiger partial charge >= 0.3 is 0 Å². The summed E-state index contributed by atoms with van der Waals surface area (Å²) in [6, 6.07) is 12.2. The lowest BCUT2D eigenvalue weighted by Crippen LogP contribution is -2.15. The van der Waals surface area contributed by atoms with E-state index in [2.05, 4.69) is 24.3 Å². The van der Waals surface area contributed by atoms with Crippen LogP contribution in [0.5, 0.6) is 0 Å². The molecule has 0 spiro atoms. The highest BCUT2D eigenvalue weighted by molar-refractivity contribution is 6.51. The van der Waals surface area contributed by atoms with Crippen LogP contribution < -0.4 is 0 Å². The van der Waals surface area contributed by atoms with Gasteiger partial charge in [0.2, 0.25) is 0 Å². The molecule has 69 valence electrons. The van der Waals surface area contributed by atoms with Gasteiger partial charge in [-0.15, -0.1) is 0 Å². The molecular formula is C11H14FSi. The molecule has 1 saturated heterocycles. The van der Waals surface area contributed by atoms with Crippen LogP contribution in [0.25, 0.3) is 0 Å². The second kappa shape index (κ2) is 4.05. The smallest absolute Gasteiger partial charge is 0.271 e. The zero-order chi connectivity index (χ0) is 9.10. The minimum atomic E-state index is -1.43. The largest absolute Gasteiger partial charge is 0.314 e. The van der Waals surface area contributed by atoms with Crippen LogP contribution in [0.2, 0.25) is 12.1 Å². The fourth-order valence-corrected chi connectivity index (χ4v) is 3.56. The Morgan fingerprint density at radius 1 is 1.08 bits per heavy atom. The first-order chi connectivity index (χ1) is 6.36. The lowest BCUT2D eigenvalue weighted by Gasteiger charge is -2.22. The van der Waals surface area contributed by atoms with Crippen molar-refractivity contribution in [3.8, 4) is 0 Å². The van der Waals surface area contributed by atoms with Crippen molar-refractivity contribution >= 4 is 9.13 Å². The molecule has 1 fully saturated rings. The van der Waals surface area contributed by atoms with Gasteiger partial charge in [-0.3, -0.25) is 0 Å². The fraction of sp³-hybridized carbons (Fsp3) is 0.455. The summed E-state index contributed by atoms with van der Waals surface area (Å²) in [6.45, 7) is 0. The third-order valence-electron chi connectivity index (χ3n) is 2.80. The van der Waals surface area contributed by atoms with E-state index < -0.39 is 9.13 Å². The Bertz CT molecular complexity index is 252.